The van der Waals surface area contributed by atoms with Crippen LogP contribution in [0.1, 0.15) is 11.1 Å². The summed E-state index contributed by atoms with van der Waals surface area (Å²) in [5.74, 6) is 0.497. The molecule has 106 valence electrons. The van der Waals surface area contributed by atoms with Crippen molar-refractivity contribution in [1.82, 2.24) is 4.90 Å². The molecule has 21 heavy (non-hydrogen) atoms. The number of anilines is 1. The predicted octanol–water partition coefficient (Wildman–Crippen LogP) is 2.50. The molecular weight excluding hydrogens is 284 g/mol. The molecule has 2 unspecified atom stereocenters. The molecule has 2 aromatic rings. The van der Waals surface area contributed by atoms with Gasteiger partial charge in [-0.3, -0.25) is 9.11 Å². The number of rotatable bonds is 1. The number of urea groups is 1. The summed E-state index contributed by atoms with van der Waals surface area (Å²) in [4.78, 5) is 13.3. The zero-order valence-electron chi connectivity index (χ0n) is 11.3. The van der Waals surface area contributed by atoms with Crippen molar-refractivity contribution < 1.29 is 9.00 Å². The van der Waals surface area contributed by atoms with E-state index in [1.54, 1.807) is 4.90 Å². The van der Waals surface area contributed by atoms with Crippen LogP contribution in [0.15, 0.2) is 54.6 Å². The molecule has 1 saturated heterocycles. The van der Waals surface area contributed by atoms with Gasteiger partial charge in [0.25, 0.3) is 0 Å². The fourth-order valence-electron chi connectivity index (χ4n) is 3.29. The van der Waals surface area contributed by atoms with E-state index in [0.717, 1.165) is 16.8 Å². The van der Waals surface area contributed by atoms with Crippen LogP contribution in [-0.4, -0.2) is 27.4 Å². The number of benzene rings is 2. The lowest BCUT2D eigenvalue weighted by molar-refractivity contribution is 0.194. The van der Waals surface area contributed by atoms with Gasteiger partial charge in [0.1, 0.15) is 0 Å². The molecule has 2 atom stereocenters. The molecular formula is C16H14N2O2S. The Kier molecular flexibility index (Phi) is 2.65. The van der Waals surface area contributed by atoms with Gasteiger partial charge in [-0.15, -0.1) is 0 Å². The van der Waals surface area contributed by atoms with Gasteiger partial charge in [0.2, 0.25) is 0 Å². The fraction of sp³-hybridized carbons (Fsp3) is 0.188. The topological polar surface area (TPSA) is 49.4 Å². The number of carbonyl (C=O) groups is 1. The number of hydrogen-bond acceptors (Lipinski definition) is 2. The Labute approximate surface area is 125 Å². The number of fused-ring (bicyclic) bond motifs is 3. The van der Waals surface area contributed by atoms with E-state index in [1.807, 2.05) is 54.6 Å². The molecule has 0 aromatic heterocycles. The summed E-state index contributed by atoms with van der Waals surface area (Å²) in [5, 5.41) is 2.90. The normalized spacial score (nSPS) is 27.0. The van der Waals surface area contributed by atoms with Gasteiger partial charge in [-0.05, 0) is 11.6 Å². The third-order valence-electron chi connectivity index (χ3n) is 4.15. The van der Waals surface area contributed by atoms with Crippen LogP contribution in [0.5, 0.6) is 0 Å². The number of nitrogens with one attached hydrogen (secondary N) is 1. The molecule has 0 saturated carbocycles. The first-order valence-electron chi connectivity index (χ1n) is 6.87. The monoisotopic (exact) mass is 298 g/mol. The number of hydrogen-bond donors (Lipinski definition) is 1. The standard InChI is InChI=1S/C16H14N2O2S/c19-15-17-14-9-5-4-8-13(14)16(12-6-2-1-3-7-12)18(15)10-11-21(16)20/h1-9H,10-11H2,(H,17,19). The lowest BCUT2D eigenvalue weighted by atomic mass is 9.93. The summed E-state index contributed by atoms with van der Waals surface area (Å²) in [6, 6.07) is 17.1. The second kappa shape index (κ2) is 4.43. The Morgan fingerprint density at radius 2 is 1.76 bits per heavy atom. The highest BCUT2D eigenvalue weighted by molar-refractivity contribution is 7.86. The predicted molar refractivity (Wildman–Crippen MR) is 82.4 cm³/mol. The van der Waals surface area contributed by atoms with Crippen molar-refractivity contribution in [3.63, 3.8) is 0 Å². The van der Waals surface area contributed by atoms with Gasteiger partial charge in [-0.1, -0.05) is 48.5 Å². The van der Waals surface area contributed by atoms with E-state index in [2.05, 4.69) is 5.32 Å². The van der Waals surface area contributed by atoms with E-state index >= 15 is 0 Å². The highest BCUT2D eigenvalue weighted by Gasteiger charge is 2.55. The molecule has 4 rings (SSSR count). The Hall–Kier alpha value is -2.14. The van der Waals surface area contributed by atoms with Crippen molar-refractivity contribution in [2.24, 2.45) is 0 Å². The van der Waals surface area contributed by atoms with Crippen LogP contribution in [0.4, 0.5) is 10.5 Å². The van der Waals surface area contributed by atoms with Crippen molar-refractivity contribution in [2.75, 3.05) is 17.6 Å². The molecule has 2 amide bonds. The van der Waals surface area contributed by atoms with Crippen molar-refractivity contribution in [3.8, 4) is 0 Å². The third-order valence-corrected chi connectivity index (χ3v) is 6.04. The summed E-state index contributed by atoms with van der Waals surface area (Å²) in [5.41, 5.74) is 2.56. The molecule has 1 N–H and O–H groups in total. The Bertz CT molecular complexity index is 747. The molecule has 0 aliphatic carbocycles. The van der Waals surface area contributed by atoms with Crippen LogP contribution in [0, 0.1) is 0 Å². The molecule has 0 spiro atoms. The van der Waals surface area contributed by atoms with Crippen LogP contribution in [0.25, 0.3) is 0 Å². The molecule has 2 aliphatic rings. The Balaban J connectivity index is 2.08. The van der Waals surface area contributed by atoms with Gasteiger partial charge in [0, 0.05) is 23.5 Å². The van der Waals surface area contributed by atoms with E-state index in [9.17, 15) is 9.00 Å². The largest absolute Gasteiger partial charge is 0.323 e. The van der Waals surface area contributed by atoms with E-state index in [-0.39, 0.29) is 6.03 Å². The third kappa shape index (κ3) is 1.55. The first kappa shape index (κ1) is 12.6. The van der Waals surface area contributed by atoms with Crippen molar-refractivity contribution in [1.29, 1.82) is 0 Å². The van der Waals surface area contributed by atoms with Gasteiger partial charge in [-0.2, -0.15) is 0 Å². The van der Waals surface area contributed by atoms with Crippen LogP contribution >= 0.6 is 0 Å². The quantitative estimate of drug-likeness (QED) is 0.879. The number of para-hydroxylation sites is 1. The molecule has 5 heteroatoms. The minimum Gasteiger partial charge on any atom is -0.307 e. The summed E-state index contributed by atoms with van der Waals surface area (Å²) in [7, 11) is -1.17. The van der Waals surface area contributed by atoms with Crippen LogP contribution in [0.2, 0.25) is 0 Å². The number of amides is 2. The summed E-state index contributed by atoms with van der Waals surface area (Å²) in [6.45, 7) is 0.502. The maximum absolute atomic E-state index is 12.9. The van der Waals surface area contributed by atoms with Crippen molar-refractivity contribution in [2.45, 2.75) is 4.87 Å². The first-order valence-corrected chi connectivity index (χ1v) is 8.18. The van der Waals surface area contributed by atoms with Gasteiger partial charge < -0.3 is 5.32 Å². The maximum Gasteiger partial charge on any atom is 0.323 e. The first-order chi connectivity index (χ1) is 10.2. The molecule has 2 heterocycles. The minimum absolute atomic E-state index is 0.177. The lowest BCUT2D eigenvalue weighted by Crippen LogP contribution is -2.53. The molecule has 0 radical (unpaired) electrons. The summed E-state index contributed by atoms with van der Waals surface area (Å²) in [6.07, 6.45) is 0. The second-order valence-electron chi connectivity index (χ2n) is 5.19. The van der Waals surface area contributed by atoms with Crippen molar-refractivity contribution >= 4 is 22.5 Å². The summed E-state index contributed by atoms with van der Waals surface area (Å²) < 4.78 is 12.9. The van der Waals surface area contributed by atoms with Gasteiger partial charge in [0.15, 0.2) is 4.87 Å². The Morgan fingerprint density at radius 1 is 1.05 bits per heavy atom. The Morgan fingerprint density at radius 3 is 2.57 bits per heavy atom. The van der Waals surface area contributed by atoms with E-state index in [0.29, 0.717) is 12.3 Å². The highest BCUT2D eigenvalue weighted by Crippen LogP contribution is 2.48. The van der Waals surface area contributed by atoms with Crippen molar-refractivity contribution in [3.05, 3.63) is 65.7 Å². The van der Waals surface area contributed by atoms with Crippen LogP contribution < -0.4 is 5.32 Å². The summed E-state index contributed by atoms with van der Waals surface area (Å²) >= 11 is 0. The smallest absolute Gasteiger partial charge is 0.307 e. The number of carbonyl (C=O) groups excluding carboxylic acids is 1. The average Bonchev–Trinajstić information content (AvgIpc) is 2.88. The highest BCUT2D eigenvalue weighted by atomic mass is 32.2. The molecule has 2 aliphatic heterocycles. The molecule has 4 nitrogen and oxygen atoms in total. The number of nitrogens with zero attached hydrogens (tertiary/aromatic N) is 1. The van der Waals surface area contributed by atoms with E-state index in [1.165, 1.54) is 0 Å². The minimum atomic E-state index is -1.17. The van der Waals surface area contributed by atoms with Gasteiger partial charge in [0.05, 0.1) is 10.8 Å². The molecule has 1 fully saturated rings. The van der Waals surface area contributed by atoms with E-state index in [4.69, 9.17) is 0 Å². The second-order valence-corrected chi connectivity index (χ2v) is 6.88. The lowest BCUT2D eigenvalue weighted by Gasteiger charge is -2.42. The van der Waals surface area contributed by atoms with E-state index < -0.39 is 15.7 Å². The molecule has 0 bridgehead atoms. The zero-order valence-corrected chi connectivity index (χ0v) is 12.1. The maximum atomic E-state index is 12.9. The average molecular weight is 298 g/mol. The van der Waals surface area contributed by atoms with Crippen LogP contribution in [0.3, 0.4) is 0 Å². The van der Waals surface area contributed by atoms with Gasteiger partial charge in [-0.25, -0.2) is 4.79 Å². The fourth-order valence-corrected chi connectivity index (χ4v) is 5.18. The SMILES string of the molecule is O=C1Nc2ccccc2C2(c3ccccc3)N1CCS2=O. The van der Waals surface area contributed by atoms with Gasteiger partial charge >= 0.3 is 6.03 Å². The molecule has 2 aromatic carbocycles. The zero-order chi connectivity index (χ0) is 14.4. The van der Waals surface area contributed by atoms with Crippen LogP contribution in [-0.2, 0) is 15.7 Å².